The minimum absolute atomic E-state index is 0.0381. The van der Waals surface area contributed by atoms with Crippen LogP contribution in [0.5, 0.6) is 0 Å². The molecule has 1 saturated heterocycles. The van der Waals surface area contributed by atoms with Gasteiger partial charge in [0, 0.05) is 0 Å². The van der Waals surface area contributed by atoms with Gasteiger partial charge >= 0.3 is 7.12 Å². The second-order valence-corrected chi connectivity index (χ2v) is 6.07. The van der Waals surface area contributed by atoms with Crippen molar-refractivity contribution in [3.05, 3.63) is 0 Å². The summed E-state index contributed by atoms with van der Waals surface area (Å²) in [5.41, 5.74) is -0.313. The highest BCUT2D eigenvalue weighted by Gasteiger charge is 2.55. The van der Waals surface area contributed by atoms with Gasteiger partial charge in [0.1, 0.15) is 0 Å². The van der Waals surface area contributed by atoms with Crippen molar-refractivity contribution in [1.29, 1.82) is 0 Å². The van der Waals surface area contributed by atoms with E-state index in [9.17, 15) is 0 Å². The molecule has 2 aliphatic rings. The Hall–Kier alpha value is -0.545. The lowest BCUT2D eigenvalue weighted by molar-refractivity contribution is -0.122. The van der Waals surface area contributed by atoms with Crippen molar-refractivity contribution in [2.45, 2.75) is 64.5 Å². The van der Waals surface area contributed by atoms with Crippen molar-refractivity contribution in [2.75, 3.05) is 0 Å². The van der Waals surface area contributed by atoms with Crippen molar-refractivity contribution in [1.82, 2.24) is 0 Å². The second kappa shape index (κ2) is 4.98. The number of carbonyl (C=O) groups is 1. The molecule has 0 aromatic rings. The summed E-state index contributed by atoms with van der Waals surface area (Å²) in [6, 6.07) is 0. The molecule has 0 bridgehead atoms. The number of carboxylic acid groups (broad SMARTS) is 1. The summed E-state index contributed by atoms with van der Waals surface area (Å²) in [5.74, 6) is 1.49. The summed E-state index contributed by atoms with van der Waals surface area (Å²) in [4.78, 5) is 8.36. The molecule has 2 fully saturated rings. The van der Waals surface area contributed by atoms with E-state index in [4.69, 9.17) is 19.2 Å². The summed E-state index contributed by atoms with van der Waals surface area (Å²) >= 11 is 0. The molecule has 0 aromatic heterocycles. The van der Waals surface area contributed by atoms with Crippen LogP contribution in [0.15, 0.2) is 0 Å². The van der Waals surface area contributed by atoms with Crippen LogP contribution >= 0.6 is 0 Å². The zero-order chi connectivity index (χ0) is 13.3. The molecule has 0 radical (unpaired) electrons. The Labute approximate surface area is 104 Å². The summed E-state index contributed by atoms with van der Waals surface area (Å²) in [5, 5.41) is 6.89. The largest absolute Gasteiger partial charge is 0.483 e. The van der Waals surface area contributed by atoms with E-state index in [0.29, 0.717) is 5.82 Å². The van der Waals surface area contributed by atoms with Crippen LogP contribution in [0.3, 0.4) is 0 Å². The quantitative estimate of drug-likeness (QED) is 0.567. The summed E-state index contributed by atoms with van der Waals surface area (Å²) in [6.07, 6.45) is 2.52. The Kier molecular flexibility index (Phi) is 4.26. The van der Waals surface area contributed by atoms with Crippen LogP contribution in [0.1, 0.15) is 47.5 Å². The molecule has 0 amide bonds. The molecule has 4 nitrogen and oxygen atoms in total. The fourth-order valence-electron chi connectivity index (χ4n) is 2.27. The monoisotopic (exact) mass is 242 g/mol. The molecular formula is C12H23BO4. The maximum Gasteiger partial charge on any atom is 0.461 e. The van der Waals surface area contributed by atoms with E-state index in [1.165, 1.54) is 12.8 Å². The molecule has 98 valence electrons. The Morgan fingerprint density at radius 2 is 1.53 bits per heavy atom. The molecule has 5 heteroatoms. The highest BCUT2D eigenvalue weighted by atomic mass is 16.7. The third-order valence-corrected chi connectivity index (χ3v) is 4.07. The number of hydrogen-bond donors (Lipinski definition) is 1. The predicted molar refractivity (Wildman–Crippen MR) is 66.9 cm³/mol. The van der Waals surface area contributed by atoms with E-state index in [-0.39, 0.29) is 24.8 Å². The maximum absolute atomic E-state index is 8.36. The second-order valence-electron chi connectivity index (χ2n) is 6.07. The van der Waals surface area contributed by atoms with E-state index in [2.05, 4.69) is 34.6 Å². The van der Waals surface area contributed by atoms with Gasteiger partial charge in [-0.2, -0.15) is 0 Å². The average molecular weight is 242 g/mol. The van der Waals surface area contributed by atoms with E-state index in [1.54, 1.807) is 0 Å². The third-order valence-electron chi connectivity index (χ3n) is 4.07. The summed E-state index contributed by atoms with van der Waals surface area (Å²) in [6.45, 7) is 10.5. The smallest absolute Gasteiger partial charge is 0.461 e. The first-order chi connectivity index (χ1) is 7.73. The van der Waals surface area contributed by atoms with E-state index in [1.807, 2.05) is 0 Å². The SMILES string of the molecule is CC1CC(B2OC(C)(C)C(C)(C)O2)C1.O=CO. The molecule has 1 aliphatic heterocycles. The minimum Gasteiger partial charge on any atom is -0.483 e. The third kappa shape index (κ3) is 3.02. The van der Waals surface area contributed by atoms with Crippen molar-refractivity contribution in [3.63, 3.8) is 0 Å². The lowest BCUT2D eigenvalue weighted by Crippen LogP contribution is -2.41. The fraction of sp³-hybridized carbons (Fsp3) is 0.917. The van der Waals surface area contributed by atoms with Gasteiger partial charge in [0.05, 0.1) is 11.2 Å². The van der Waals surface area contributed by atoms with Gasteiger partial charge in [-0.15, -0.1) is 0 Å². The Balaban J connectivity index is 0.000000437. The van der Waals surface area contributed by atoms with Gasteiger partial charge in [0.2, 0.25) is 0 Å². The molecule has 17 heavy (non-hydrogen) atoms. The van der Waals surface area contributed by atoms with Gasteiger partial charge in [-0.05, 0) is 52.3 Å². The molecule has 1 heterocycles. The van der Waals surface area contributed by atoms with Gasteiger partial charge in [-0.25, -0.2) is 0 Å². The molecule has 1 aliphatic carbocycles. The number of hydrogen-bond acceptors (Lipinski definition) is 3. The Bertz CT molecular complexity index is 256. The van der Waals surface area contributed by atoms with Crippen LogP contribution < -0.4 is 0 Å². The topological polar surface area (TPSA) is 55.8 Å². The van der Waals surface area contributed by atoms with E-state index >= 15 is 0 Å². The molecule has 2 rings (SSSR count). The van der Waals surface area contributed by atoms with Crippen LogP contribution in [-0.4, -0.2) is 29.9 Å². The van der Waals surface area contributed by atoms with Crippen LogP contribution in [-0.2, 0) is 14.1 Å². The van der Waals surface area contributed by atoms with Crippen LogP contribution in [0, 0.1) is 5.92 Å². The average Bonchev–Trinajstić information content (AvgIpc) is 2.32. The molecule has 0 spiro atoms. The molecular weight excluding hydrogens is 219 g/mol. The molecule has 1 N–H and O–H groups in total. The van der Waals surface area contributed by atoms with Crippen molar-refractivity contribution in [2.24, 2.45) is 5.92 Å². The van der Waals surface area contributed by atoms with E-state index in [0.717, 1.165) is 5.92 Å². The predicted octanol–water partition coefficient (Wildman–Crippen LogP) is 2.58. The molecule has 0 aromatic carbocycles. The first kappa shape index (κ1) is 14.5. The lowest BCUT2D eigenvalue weighted by Gasteiger charge is -2.33. The highest BCUT2D eigenvalue weighted by Crippen LogP contribution is 2.48. The van der Waals surface area contributed by atoms with Gasteiger partial charge in [0.25, 0.3) is 6.47 Å². The standard InChI is InChI=1S/C11H21BO2.CH2O2/c1-8-6-9(7-8)12-13-10(2,3)11(4,5)14-12;2-1-3/h8-9H,6-7H2,1-5H3;1H,(H,2,3). The maximum atomic E-state index is 8.36. The minimum atomic E-state index is -0.250. The molecule has 1 saturated carbocycles. The highest BCUT2D eigenvalue weighted by molar-refractivity contribution is 6.47. The summed E-state index contributed by atoms with van der Waals surface area (Å²) in [7, 11) is 0.0381. The lowest BCUT2D eigenvalue weighted by atomic mass is 9.56. The zero-order valence-electron chi connectivity index (χ0n) is 11.4. The zero-order valence-corrected chi connectivity index (χ0v) is 11.4. The Morgan fingerprint density at radius 3 is 1.82 bits per heavy atom. The Morgan fingerprint density at radius 1 is 1.18 bits per heavy atom. The van der Waals surface area contributed by atoms with E-state index < -0.39 is 0 Å². The van der Waals surface area contributed by atoms with Crippen molar-refractivity contribution in [3.8, 4) is 0 Å². The molecule has 0 unspecified atom stereocenters. The van der Waals surface area contributed by atoms with Gasteiger partial charge in [-0.1, -0.05) is 6.92 Å². The fourth-order valence-corrected chi connectivity index (χ4v) is 2.27. The van der Waals surface area contributed by atoms with Gasteiger partial charge < -0.3 is 14.4 Å². The molecule has 0 atom stereocenters. The first-order valence-corrected chi connectivity index (χ1v) is 6.17. The summed E-state index contributed by atoms with van der Waals surface area (Å²) < 4.78 is 12.0. The van der Waals surface area contributed by atoms with Crippen LogP contribution in [0.4, 0.5) is 0 Å². The first-order valence-electron chi connectivity index (χ1n) is 6.17. The van der Waals surface area contributed by atoms with Crippen molar-refractivity contribution < 1.29 is 19.2 Å². The van der Waals surface area contributed by atoms with Gasteiger partial charge in [-0.3, -0.25) is 4.79 Å². The van der Waals surface area contributed by atoms with Gasteiger partial charge in [0.15, 0.2) is 0 Å². The van der Waals surface area contributed by atoms with Crippen LogP contribution in [0.2, 0.25) is 5.82 Å². The normalized spacial score (nSPS) is 33.4. The number of rotatable bonds is 1. The van der Waals surface area contributed by atoms with Crippen molar-refractivity contribution >= 4 is 13.6 Å². The van der Waals surface area contributed by atoms with Crippen LogP contribution in [0.25, 0.3) is 0 Å².